The van der Waals surface area contributed by atoms with E-state index in [1.54, 1.807) is 6.07 Å². The summed E-state index contributed by atoms with van der Waals surface area (Å²) in [7, 11) is 0. The van der Waals surface area contributed by atoms with Crippen molar-refractivity contribution in [1.82, 2.24) is 15.5 Å². The summed E-state index contributed by atoms with van der Waals surface area (Å²) < 4.78 is 18.7. The van der Waals surface area contributed by atoms with Crippen molar-refractivity contribution < 1.29 is 8.81 Å². The van der Waals surface area contributed by atoms with Crippen LogP contribution in [-0.4, -0.2) is 15.7 Å². The van der Waals surface area contributed by atoms with Gasteiger partial charge in [-0.1, -0.05) is 5.10 Å². The van der Waals surface area contributed by atoms with E-state index in [1.807, 2.05) is 6.92 Å². The second-order valence-electron chi connectivity index (χ2n) is 5.75. The number of nitrogens with zero attached hydrogens (tertiary/aromatic N) is 2. The Morgan fingerprint density at radius 1 is 1.20 bits per heavy atom. The predicted octanol–water partition coefficient (Wildman–Crippen LogP) is 3.15. The molecule has 2 aromatic rings. The zero-order chi connectivity index (χ0) is 14.8. The van der Waals surface area contributed by atoms with Crippen LogP contribution < -0.4 is 10.6 Å². The average Bonchev–Trinajstić information content (AvgIpc) is 2.72. The Morgan fingerprint density at radius 3 is 2.60 bits per heavy atom. The van der Waals surface area contributed by atoms with Crippen LogP contribution in [-0.2, 0) is 6.54 Å². The third-order valence-electron chi connectivity index (χ3n) is 2.53. The van der Waals surface area contributed by atoms with Crippen LogP contribution in [0.3, 0.4) is 0 Å². The highest BCUT2D eigenvalue weighted by Gasteiger charge is 2.12. The lowest BCUT2D eigenvalue weighted by atomic mass is 10.1. The molecule has 20 heavy (non-hydrogen) atoms. The molecule has 0 saturated carbocycles. The molecular formula is C14H19FN4O. The second-order valence-corrected chi connectivity index (χ2v) is 5.75. The minimum atomic E-state index is -0.304. The van der Waals surface area contributed by atoms with Crippen molar-refractivity contribution in [2.45, 2.75) is 39.8 Å². The van der Waals surface area contributed by atoms with Gasteiger partial charge < -0.3 is 15.1 Å². The Morgan fingerprint density at radius 2 is 1.95 bits per heavy atom. The van der Waals surface area contributed by atoms with E-state index in [1.165, 1.54) is 12.1 Å². The topological polar surface area (TPSA) is 63.0 Å². The van der Waals surface area contributed by atoms with Crippen LogP contribution in [0.25, 0.3) is 0 Å². The highest BCUT2D eigenvalue weighted by Crippen LogP contribution is 2.18. The van der Waals surface area contributed by atoms with Crippen molar-refractivity contribution in [3.63, 3.8) is 0 Å². The molecule has 1 aromatic heterocycles. The quantitative estimate of drug-likeness (QED) is 0.899. The summed E-state index contributed by atoms with van der Waals surface area (Å²) in [6.45, 7) is 8.47. The molecular weight excluding hydrogens is 259 g/mol. The van der Waals surface area contributed by atoms with Crippen LogP contribution in [0.2, 0.25) is 0 Å². The van der Waals surface area contributed by atoms with Crippen molar-refractivity contribution in [3.8, 4) is 0 Å². The third kappa shape index (κ3) is 4.31. The molecule has 0 unspecified atom stereocenters. The monoisotopic (exact) mass is 278 g/mol. The normalized spacial score (nSPS) is 11.7. The van der Waals surface area contributed by atoms with Gasteiger partial charge in [0.1, 0.15) is 5.82 Å². The van der Waals surface area contributed by atoms with E-state index in [0.29, 0.717) is 18.1 Å². The van der Waals surface area contributed by atoms with Gasteiger partial charge >= 0.3 is 6.01 Å². The molecule has 0 saturated heterocycles. The Hall–Kier alpha value is -1.95. The Labute approximate surface area is 117 Å². The zero-order valence-electron chi connectivity index (χ0n) is 12.1. The van der Waals surface area contributed by atoms with E-state index in [0.717, 1.165) is 5.56 Å². The fourth-order valence-corrected chi connectivity index (χ4v) is 1.65. The van der Waals surface area contributed by atoms with Gasteiger partial charge in [-0.2, -0.15) is 0 Å². The molecule has 1 heterocycles. The van der Waals surface area contributed by atoms with Crippen molar-refractivity contribution in [1.29, 1.82) is 0 Å². The number of halogens is 1. The Bertz CT molecular complexity index is 569. The maximum Gasteiger partial charge on any atom is 0.320 e. The number of aryl methyl sites for hydroxylation is 1. The molecule has 0 spiro atoms. The van der Waals surface area contributed by atoms with Gasteiger partial charge in [0.15, 0.2) is 0 Å². The fraction of sp³-hybridized carbons (Fsp3) is 0.429. The number of aromatic nitrogens is 2. The minimum absolute atomic E-state index is 0.0261. The lowest BCUT2D eigenvalue weighted by Gasteiger charge is -2.18. The first kappa shape index (κ1) is 14.5. The minimum Gasteiger partial charge on any atom is -0.406 e. The van der Waals surface area contributed by atoms with Gasteiger partial charge in [-0.3, -0.25) is 0 Å². The lowest BCUT2D eigenvalue weighted by molar-refractivity contribution is 0.384. The molecule has 108 valence electrons. The smallest absolute Gasteiger partial charge is 0.320 e. The maximum absolute atomic E-state index is 13.3. The highest BCUT2D eigenvalue weighted by atomic mass is 19.1. The van der Waals surface area contributed by atoms with Gasteiger partial charge in [0.05, 0.1) is 6.54 Å². The molecule has 6 heteroatoms. The number of hydrogen-bond acceptors (Lipinski definition) is 5. The van der Waals surface area contributed by atoms with Gasteiger partial charge in [0.25, 0.3) is 0 Å². The van der Waals surface area contributed by atoms with Gasteiger partial charge in [-0.25, -0.2) is 4.39 Å². The zero-order valence-corrected chi connectivity index (χ0v) is 12.1. The molecule has 0 fully saturated rings. The van der Waals surface area contributed by atoms with Crippen LogP contribution in [0, 0.1) is 12.7 Å². The van der Waals surface area contributed by atoms with Crippen LogP contribution in [0.1, 0.15) is 32.2 Å². The fourth-order valence-electron chi connectivity index (χ4n) is 1.65. The van der Waals surface area contributed by atoms with Crippen LogP contribution >= 0.6 is 0 Å². The molecule has 0 aliphatic rings. The molecule has 0 radical (unpaired) electrons. The van der Waals surface area contributed by atoms with Gasteiger partial charge in [0, 0.05) is 11.2 Å². The summed E-state index contributed by atoms with van der Waals surface area (Å²) in [5.41, 5.74) is 1.38. The SMILES string of the molecule is Cc1cc(F)cc(Nc2nnc(CNC(C)(C)C)o2)c1. The van der Waals surface area contributed by atoms with E-state index in [4.69, 9.17) is 4.42 Å². The molecule has 2 rings (SSSR count). The summed E-state index contributed by atoms with van der Waals surface area (Å²) in [5.74, 6) is 0.178. The van der Waals surface area contributed by atoms with Crippen molar-refractivity contribution >= 4 is 11.7 Å². The molecule has 0 bridgehead atoms. The van der Waals surface area contributed by atoms with Crippen LogP contribution in [0.4, 0.5) is 16.1 Å². The van der Waals surface area contributed by atoms with E-state index < -0.39 is 0 Å². The third-order valence-corrected chi connectivity index (χ3v) is 2.53. The molecule has 5 nitrogen and oxygen atoms in total. The first-order valence-electron chi connectivity index (χ1n) is 6.43. The molecule has 0 amide bonds. The number of nitrogens with one attached hydrogen (secondary N) is 2. The van der Waals surface area contributed by atoms with Crippen molar-refractivity contribution in [3.05, 3.63) is 35.5 Å². The molecule has 2 N–H and O–H groups in total. The predicted molar refractivity (Wildman–Crippen MR) is 75.3 cm³/mol. The standard InChI is InChI=1S/C14H19FN4O/c1-9-5-10(15)7-11(6-9)17-13-19-18-12(20-13)8-16-14(2,3)4/h5-7,16H,8H2,1-4H3,(H,17,19). The van der Waals surface area contributed by atoms with Crippen LogP contribution in [0.15, 0.2) is 22.6 Å². The lowest BCUT2D eigenvalue weighted by Crippen LogP contribution is -2.35. The Kier molecular flexibility index (Phi) is 4.04. The first-order chi connectivity index (χ1) is 9.32. The molecule has 0 aliphatic heterocycles. The summed E-state index contributed by atoms with van der Waals surface area (Å²) in [6, 6.07) is 4.89. The summed E-state index contributed by atoms with van der Waals surface area (Å²) >= 11 is 0. The number of hydrogen-bond donors (Lipinski definition) is 2. The van der Waals surface area contributed by atoms with E-state index in [2.05, 4.69) is 41.6 Å². The summed E-state index contributed by atoms with van der Waals surface area (Å²) in [4.78, 5) is 0. The van der Waals surface area contributed by atoms with Gasteiger partial charge in [-0.15, -0.1) is 5.10 Å². The molecule has 0 aliphatic carbocycles. The van der Waals surface area contributed by atoms with Gasteiger partial charge in [-0.05, 0) is 51.5 Å². The highest BCUT2D eigenvalue weighted by molar-refractivity contribution is 5.53. The second kappa shape index (κ2) is 5.58. The molecule has 1 aromatic carbocycles. The summed E-state index contributed by atoms with van der Waals surface area (Å²) in [6.07, 6.45) is 0. The van der Waals surface area contributed by atoms with Gasteiger partial charge in [0.2, 0.25) is 5.89 Å². The van der Waals surface area contributed by atoms with E-state index in [9.17, 15) is 4.39 Å². The van der Waals surface area contributed by atoms with Crippen molar-refractivity contribution in [2.75, 3.05) is 5.32 Å². The van der Waals surface area contributed by atoms with E-state index >= 15 is 0 Å². The Balaban J connectivity index is 2.02. The number of anilines is 2. The summed E-state index contributed by atoms with van der Waals surface area (Å²) in [5, 5.41) is 14.0. The largest absolute Gasteiger partial charge is 0.406 e. The van der Waals surface area contributed by atoms with E-state index in [-0.39, 0.29) is 17.4 Å². The molecule has 0 atom stereocenters. The van der Waals surface area contributed by atoms with Crippen LogP contribution in [0.5, 0.6) is 0 Å². The number of benzene rings is 1. The first-order valence-corrected chi connectivity index (χ1v) is 6.43. The average molecular weight is 278 g/mol. The number of rotatable bonds is 4. The maximum atomic E-state index is 13.3. The van der Waals surface area contributed by atoms with Crippen molar-refractivity contribution in [2.24, 2.45) is 0 Å².